The average molecular weight is 527 g/mol. The largest absolute Gasteiger partial charge is 0.372 e. The second-order valence-corrected chi connectivity index (χ2v) is 11.1. The van der Waals surface area contributed by atoms with Gasteiger partial charge in [-0.1, -0.05) is 18.7 Å². The molecule has 1 atom stereocenters. The molecule has 1 aromatic carbocycles. The Morgan fingerprint density at radius 1 is 1.19 bits per heavy atom. The van der Waals surface area contributed by atoms with Crippen molar-refractivity contribution >= 4 is 45.6 Å². The lowest BCUT2D eigenvalue weighted by atomic mass is 9.88. The SMILES string of the molecule is CCN(CC)c1ccc(-c2nnc(SCC(=O)Nc3sc4c(c3C(N)=O)CCC(C)C4)n2CC)cc1. The summed E-state index contributed by atoms with van der Waals surface area (Å²) in [5.74, 6) is 0.842. The lowest BCUT2D eigenvalue weighted by Crippen LogP contribution is -2.21. The normalized spacial score (nSPS) is 14.9. The van der Waals surface area contributed by atoms with Gasteiger partial charge < -0.3 is 20.5 Å². The van der Waals surface area contributed by atoms with Crippen LogP contribution in [0.5, 0.6) is 0 Å². The first kappa shape index (κ1) is 26.2. The molecule has 0 saturated carbocycles. The van der Waals surface area contributed by atoms with E-state index >= 15 is 0 Å². The molecule has 0 bridgehead atoms. The minimum Gasteiger partial charge on any atom is -0.372 e. The number of thioether (sulfide) groups is 1. The van der Waals surface area contributed by atoms with E-state index in [-0.39, 0.29) is 11.7 Å². The van der Waals surface area contributed by atoms with E-state index in [0.29, 0.717) is 28.2 Å². The summed E-state index contributed by atoms with van der Waals surface area (Å²) in [7, 11) is 0. The van der Waals surface area contributed by atoms with Gasteiger partial charge in [-0.25, -0.2) is 0 Å². The van der Waals surface area contributed by atoms with Gasteiger partial charge in [0.1, 0.15) is 5.00 Å². The number of aromatic nitrogens is 3. The number of nitrogens with zero attached hydrogens (tertiary/aromatic N) is 4. The zero-order valence-electron chi connectivity index (χ0n) is 21.3. The highest BCUT2D eigenvalue weighted by Crippen LogP contribution is 2.39. The van der Waals surface area contributed by atoms with Crippen molar-refractivity contribution in [2.24, 2.45) is 11.7 Å². The number of carbonyl (C=O) groups is 2. The fourth-order valence-electron chi connectivity index (χ4n) is 4.70. The Morgan fingerprint density at radius 3 is 2.56 bits per heavy atom. The van der Waals surface area contributed by atoms with Gasteiger partial charge in [-0.3, -0.25) is 9.59 Å². The molecule has 36 heavy (non-hydrogen) atoms. The van der Waals surface area contributed by atoms with Gasteiger partial charge in [0.05, 0.1) is 11.3 Å². The van der Waals surface area contributed by atoms with Gasteiger partial charge in [-0.15, -0.1) is 21.5 Å². The number of nitrogens with one attached hydrogen (secondary N) is 1. The van der Waals surface area contributed by atoms with E-state index in [1.54, 1.807) is 0 Å². The zero-order valence-corrected chi connectivity index (χ0v) is 23.0. The number of thiophene rings is 1. The van der Waals surface area contributed by atoms with Crippen LogP contribution in [-0.2, 0) is 24.2 Å². The van der Waals surface area contributed by atoms with Crippen molar-refractivity contribution in [3.8, 4) is 11.4 Å². The number of hydrogen-bond donors (Lipinski definition) is 2. The highest BCUT2D eigenvalue weighted by Gasteiger charge is 2.27. The fourth-order valence-corrected chi connectivity index (χ4v) is 6.93. The van der Waals surface area contributed by atoms with Gasteiger partial charge in [0.25, 0.3) is 5.91 Å². The molecule has 4 rings (SSSR count). The minimum atomic E-state index is -0.479. The zero-order chi connectivity index (χ0) is 25.8. The molecule has 2 aromatic heterocycles. The standard InChI is InChI=1S/C26H34N6O2S2/c1-5-31(6-2)18-11-9-17(10-12-18)24-29-30-26(32(24)7-3)35-15-21(33)28-25-22(23(27)34)19-13-8-16(4)14-20(19)36-25/h9-12,16H,5-8,13-15H2,1-4H3,(H2,27,34)(H,28,33). The van der Waals surface area contributed by atoms with E-state index in [1.165, 1.54) is 28.8 Å². The summed E-state index contributed by atoms with van der Waals surface area (Å²) in [6.45, 7) is 11.1. The average Bonchev–Trinajstić information content (AvgIpc) is 3.44. The van der Waals surface area contributed by atoms with Crippen LogP contribution in [-0.4, -0.2) is 45.4 Å². The third kappa shape index (κ3) is 5.44. The number of amides is 2. The molecule has 0 spiro atoms. The van der Waals surface area contributed by atoms with Crippen molar-refractivity contribution in [2.45, 2.75) is 58.7 Å². The number of carbonyl (C=O) groups excluding carboxylic acids is 2. The lowest BCUT2D eigenvalue weighted by Gasteiger charge is -2.21. The van der Waals surface area contributed by atoms with Gasteiger partial charge in [-0.05, 0) is 75.8 Å². The van der Waals surface area contributed by atoms with Crippen molar-refractivity contribution in [3.63, 3.8) is 0 Å². The maximum Gasteiger partial charge on any atom is 0.251 e. The molecule has 2 heterocycles. The third-order valence-electron chi connectivity index (χ3n) is 6.63. The Morgan fingerprint density at radius 2 is 1.92 bits per heavy atom. The number of rotatable bonds is 10. The molecule has 3 N–H and O–H groups in total. The Balaban J connectivity index is 1.45. The molecular formula is C26H34N6O2S2. The summed E-state index contributed by atoms with van der Waals surface area (Å²) in [6.07, 6.45) is 2.78. The monoisotopic (exact) mass is 526 g/mol. The van der Waals surface area contributed by atoms with Crippen molar-refractivity contribution < 1.29 is 9.59 Å². The predicted molar refractivity (Wildman–Crippen MR) is 148 cm³/mol. The number of primary amides is 1. The molecule has 1 aliphatic rings. The highest BCUT2D eigenvalue weighted by atomic mass is 32.2. The summed E-state index contributed by atoms with van der Waals surface area (Å²) in [5.41, 5.74) is 9.34. The second-order valence-electron chi connectivity index (χ2n) is 9.03. The van der Waals surface area contributed by atoms with E-state index in [9.17, 15) is 9.59 Å². The van der Waals surface area contributed by atoms with Gasteiger partial charge >= 0.3 is 0 Å². The molecule has 0 fully saturated rings. The van der Waals surface area contributed by atoms with E-state index in [2.05, 4.69) is 65.5 Å². The number of fused-ring (bicyclic) bond motifs is 1. The molecule has 1 aliphatic carbocycles. The van der Waals surface area contributed by atoms with Crippen LogP contribution in [0, 0.1) is 5.92 Å². The molecule has 0 radical (unpaired) electrons. The maximum absolute atomic E-state index is 12.8. The highest BCUT2D eigenvalue weighted by molar-refractivity contribution is 7.99. The topological polar surface area (TPSA) is 106 Å². The predicted octanol–water partition coefficient (Wildman–Crippen LogP) is 4.83. The summed E-state index contributed by atoms with van der Waals surface area (Å²) in [4.78, 5) is 28.4. The maximum atomic E-state index is 12.8. The minimum absolute atomic E-state index is 0.163. The Kier molecular flexibility index (Phi) is 8.35. The van der Waals surface area contributed by atoms with Crippen LogP contribution in [0.1, 0.15) is 54.9 Å². The molecule has 8 nitrogen and oxygen atoms in total. The van der Waals surface area contributed by atoms with Gasteiger partial charge in [-0.2, -0.15) is 0 Å². The molecule has 10 heteroatoms. The number of hydrogen-bond acceptors (Lipinski definition) is 7. The van der Waals surface area contributed by atoms with E-state index in [4.69, 9.17) is 5.73 Å². The van der Waals surface area contributed by atoms with Crippen LogP contribution < -0.4 is 16.0 Å². The molecular weight excluding hydrogens is 492 g/mol. The van der Waals surface area contributed by atoms with Crippen molar-refractivity contribution in [1.82, 2.24) is 14.8 Å². The van der Waals surface area contributed by atoms with Crippen LogP contribution in [0.2, 0.25) is 0 Å². The van der Waals surface area contributed by atoms with Gasteiger partial charge in [0, 0.05) is 35.8 Å². The quantitative estimate of drug-likeness (QED) is 0.367. The summed E-state index contributed by atoms with van der Waals surface area (Å²) >= 11 is 2.82. The van der Waals surface area contributed by atoms with Crippen LogP contribution >= 0.6 is 23.1 Å². The number of benzene rings is 1. The first-order chi connectivity index (χ1) is 17.4. The van der Waals surface area contributed by atoms with Crippen molar-refractivity contribution in [1.29, 1.82) is 0 Å². The first-order valence-electron chi connectivity index (χ1n) is 12.5. The Hall–Kier alpha value is -2.85. The van der Waals surface area contributed by atoms with E-state index in [1.807, 2.05) is 11.5 Å². The van der Waals surface area contributed by atoms with Gasteiger partial charge in [0.2, 0.25) is 5.91 Å². The lowest BCUT2D eigenvalue weighted by molar-refractivity contribution is -0.113. The fraction of sp³-hybridized carbons (Fsp3) is 0.462. The van der Waals surface area contributed by atoms with E-state index in [0.717, 1.165) is 54.2 Å². The van der Waals surface area contributed by atoms with Crippen molar-refractivity contribution in [2.75, 3.05) is 29.1 Å². The Labute approximate surface area is 220 Å². The van der Waals surface area contributed by atoms with Crippen LogP contribution in [0.25, 0.3) is 11.4 Å². The molecule has 0 saturated heterocycles. The van der Waals surface area contributed by atoms with Crippen LogP contribution in [0.4, 0.5) is 10.7 Å². The number of nitrogens with two attached hydrogens (primary N) is 1. The molecule has 3 aromatic rings. The second kappa shape index (κ2) is 11.5. The Bertz CT molecular complexity index is 1230. The third-order valence-corrected chi connectivity index (χ3v) is 8.77. The summed E-state index contributed by atoms with van der Waals surface area (Å²) in [5, 5.41) is 13.0. The van der Waals surface area contributed by atoms with Gasteiger partial charge in [0.15, 0.2) is 11.0 Å². The summed E-state index contributed by atoms with van der Waals surface area (Å²) in [6, 6.07) is 8.34. The van der Waals surface area contributed by atoms with Crippen LogP contribution in [0.15, 0.2) is 29.4 Å². The first-order valence-corrected chi connectivity index (χ1v) is 14.3. The summed E-state index contributed by atoms with van der Waals surface area (Å²) < 4.78 is 2.02. The van der Waals surface area contributed by atoms with Crippen LogP contribution in [0.3, 0.4) is 0 Å². The molecule has 1 unspecified atom stereocenters. The number of anilines is 2. The molecule has 2 amide bonds. The van der Waals surface area contributed by atoms with Crippen molar-refractivity contribution in [3.05, 3.63) is 40.3 Å². The molecule has 192 valence electrons. The molecule has 0 aliphatic heterocycles. The van der Waals surface area contributed by atoms with E-state index < -0.39 is 5.91 Å². The smallest absolute Gasteiger partial charge is 0.251 e.